The zero-order valence-electron chi connectivity index (χ0n) is 17.7. The Balaban J connectivity index is 3.04. The number of nitrogens with zero attached hydrogens (tertiary/aromatic N) is 1. The van der Waals surface area contributed by atoms with Gasteiger partial charge in [0, 0.05) is 24.7 Å². The molecule has 0 saturated carbocycles. The van der Waals surface area contributed by atoms with Crippen LogP contribution in [0.1, 0.15) is 32.4 Å². The second-order valence-electron chi connectivity index (χ2n) is 7.26. The molecule has 0 saturated heterocycles. The lowest BCUT2D eigenvalue weighted by Gasteiger charge is -2.25. The van der Waals surface area contributed by atoms with Crippen molar-refractivity contribution in [2.45, 2.75) is 63.4 Å². The fourth-order valence-corrected chi connectivity index (χ4v) is 2.60. The van der Waals surface area contributed by atoms with Gasteiger partial charge in [-0.25, -0.2) is 9.78 Å². The number of imidazole rings is 1. The third-order valence-corrected chi connectivity index (χ3v) is 4.38. The molecule has 0 bridgehead atoms. The molecule has 0 spiro atoms. The van der Waals surface area contributed by atoms with E-state index in [0.717, 1.165) is 0 Å². The van der Waals surface area contributed by atoms with Crippen LogP contribution in [-0.4, -0.2) is 80.1 Å². The molecule has 4 amide bonds. The van der Waals surface area contributed by atoms with Crippen LogP contribution in [0.2, 0.25) is 0 Å². The van der Waals surface area contributed by atoms with E-state index in [1.807, 2.05) is 0 Å². The van der Waals surface area contributed by atoms with Crippen LogP contribution in [0.5, 0.6) is 0 Å². The number of rotatable bonds is 13. The Morgan fingerprint density at radius 3 is 2.12 bits per heavy atom. The number of aliphatic carboxylic acids is 1. The van der Waals surface area contributed by atoms with Crippen molar-refractivity contribution in [3.8, 4) is 0 Å². The summed E-state index contributed by atoms with van der Waals surface area (Å²) in [6.45, 7) is 2.59. The van der Waals surface area contributed by atoms with Gasteiger partial charge in [0.25, 0.3) is 0 Å². The molecular weight excluding hydrogens is 426 g/mol. The molecule has 5 unspecified atom stereocenters. The number of amides is 4. The largest absolute Gasteiger partial charge is 0.480 e. The number of primary amides is 1. The minimum atomic E-state index is -1.64. The molecule has 1 rings (SSSR count). The maximum atomic E-state index is 12.9. The third kappa shape index (κ3) is 8.69. The highest BCUT2D eigenvalue weighted by atomic mass is 16.4. The molecule has 0 fully saturated rings. The summed E-state index contributed by atoms with van der Waals surface area (Å²) in [5, 5.41) is 25.7. The first-order chi connectivity index (χ1) is 14.9. The van der Waals surface area contributed by atoms with Crippen LogP contribution in [0.15, 0.2) is 12.5 Å². The predicted octanol–water partition coefficient (Wildman–Crippen LogP) is -3.52. The van der Waals surface area contributed by atoms with Crippen LogP contribution in [-0.2, 0) is 30.4 Å². The number of aromatic amines is 1. The smallest absolute Gasteiger partial charge is 0.328 e. The topological polar surface area (TPSA) is 243 Å². The fourth-order valence-electron chi connectivity index (χ4n) is 2.60. The van der Waals surface area contributed by atoms with Crippen molar-refractivity contribution in [1.82, 2.24) is 25.9 Å². The van der Waals surface area contributed by atoms with Gasteiger partial charge in [-0.1, -0.05) is 0 Å². The number of hydrogen-bond acceptors (Lipinski definition) is 8. The van der Waals surface area contributed by atoms with Gasteiger partial charge in [-0.2, -0.15) is 0 Å². The number of aliphatic hydroxyl groups is 1. The van der Waals surface area contributed by atoms with Crippen molar-refractivity contribution in [3.63, 3.8) is 0 Å². The molecule has 0 radical (unpaired) electrons. The number of hydrogen-bond donors (Lipinski definition) is 8. The Hall–Kier alpha value is -3.52. The highest BCUT2D eigenvalue weighted by Crippen LogP contribution is 2.05. The minimum Gasteiger partial charge on any atom is -0.480 e. The van der Waals surface area contributed by atoms with Crippen LogP contribution >= 0.6 is 0 Å². The van der Waals surface area contributed by atoms with Gasteiger partial charge in [0.2, 0.25) is 23.6 Å². The van der Waals surface area contributed by atoms with E-state index < -0.39 is 59.9 Å². The lowest BCUT2D eigenvalue weighted by Crippen LogP contribution is -2.58. The van der Waals surface area contributed by atoms with Gasteiger partial charge in [-0.05, 0) is 20.3 Å². The monoisotopic (exact) mass is 455 g/mol. The first-order valence-corrected chi connectivity index (χ1v) is 9.75. The molecule has 0 aliphatic carbocycles. The molecule has 14 nitrogen and oxygen atoms in total. The quantitative estimate of drug-likeness (QED) is 0.147. The van der Waals surface area contributed by atoms with Crippen molar-refractivity contribution in [2.75, 3.05) is 0 Å². The molecule has 10 N–H and O–H groups in total. The number of carbonyl (C=O) groups excluding carboxylic acids is 4. The summed E-state index contributed by atoms with van der Waals surface area (Å²) in [4.78, 5) is 66.6. The Morgan fingerprint density at radius 2 is 1.66 bits per heavy atom. The van der Waals surface area contributed by atoms with Gasteiger partial charge in [0.05, 0.1) is 18.5 Å². The number of nitrogens with two attached hydrogens (primary N) is 2. The molecule has 0 aliphatic rings. The lowest BCUT2D eigenvalue weighted by atomic mass is 10.1. The molecule has 1 heterocycles. The second kappa shape index (κ2) is 12.4. The predicted molar refractivity (Wildman–Crippen MR) is 109 cm³/mol. The standard InChI is InChI=1S/C18H29N7O7/c1-8(19)15(28)24-12(5-10-6-21-7-22-10)17(30)23-11(3-4-13(20)27)16(29)25-14(9(2)26)18(31)32/h6-9,11-12,14,26H,3-5,19H2,1-2H3,(H2,20,27)(H,21,22)(H,23,30)(H,24,28)(H,25,29)(H,31,32). The molecule has 32 heavy (non-hydrogen) atoms. The number of carboxylic acid groups (broad SMARTS) is 1. The molecule has 14 heteroatoms. The number of carbonyl (C=O) groups is 5. The molecule has 0 aliphatic heterocycles. The zero-order chi connectivity index (χ0) is 24.4. The van der Waals surface area contributed by atoms with Crippen molar-refractivity contribution < 1.29 is 34.2 Å². The first-order valence-electron chi connectivity index (χ1n) is 9.75. The van der Waals surface area contributed by atoms with E-state index in [1.54, 1.807) is 0 Å². The zero-order valence-corrected chi connectivity index (χ0v) is 17.7. The third-order valence-electron chi connectivity index (χ3n) is 4.38. The lowest BCUT2D eigenvalue weighted by molar-refractivity contribution is -0.145. The molecule has 1 aromatic heterocycles. The normalized spacial score (nSPS) is 15.5. The second-order valence-corrected chi connectivity index (χ2v) is 7.26. The summed E-state index contributed by atoms with van der Waals surface area (Å²) < 4.78 is 0. The first kappa shape index (κ1) is 26.5. The van der Waals surface area contributed by atoms with E-state index >= 15 is 0 Å². The van der Waals surface area contributed by atoms with Crippen molar-refractivity contribution in [2.24, 2.45) is 11.5 Å². The summed E-state index contributed by atoms with van der Waals surface area (Å²) >= 11 is 0. The Morgan fingerprint density at radius 1 is 1.06 bits per heavy atom. The number of carboxylic acids is 1. The Labute approximate surface area is 183 Å². The van der Waals surface area contributed by atoms with E-state index in [2.05, 4.69) is 25.9 Å². The van der Waals surface area contributed by atoms with E-state index in [1.165, 1.54) is 26.4 Å². The van der Waals surface area contributed by atoms with Crippen molar-refractivity contribution >= 4 is 29.6 Å². The van der Waals surface area contributed by atoms with Crippen LogP contribution < -0.4 is 27.4 Å². The number of nitrogens with one attached hydrogen (secondary N) is 4. The Bertz CT molecular complexity index is 811. The Kier molecular flexibility index (Phi) is 10.2. The van der Waals surface area contributed by atoms with Crippen LogP contribution in [0, 0.1) is 0 Å². The van der Waals surface area contributed by atoms with Gasteiger partial charge in [0.15, 0.2) is 6.04 Å². The summed E-state index contributed by atoms with van der Waals surface area (Å²) in [6.07, 6.45) is 0.847. The average molecular weight is 455 g/mol. The molecular formula is C18H29N7O7. The average Bonchev–Trinajstić information content (AvgIpc) is 3.20. The van der Waals surface area contributed by atoms with Gasteiger partial charge < -0.3 is 42.6 Å². The maximum Gasteiger partial charge on any atom is 0.328 e. The van der Waals surface area contributed by atoms with Crippen molar-refractivity contribution in [3.05, 3.63) is 18.2 Å². The highest BCUT2D eigenvalue weighted by Gasteiger charge is 2.32. The number of H-pyrrole nitrogens is 1. The van der Waals surface area contributed by atoms with E-state index in [9.17, 15) is 29.1 Å². The van der Waals surface area contributed by atoms with E-state index in [-0.39, 0.29) is 19.3 Å². The number of aliphatic hydroxyl groups excluding tert-OH is 1. The van der Waals surface area contributed by atoms with Gasteiger partial charge >= 0.3 is 5.97 Å². The maximum absolute atomic E-state index is 12.9. The summed E-state index contributed by atoms with van der Waals surface area (Å²) in [6, 6.07) is -5.09. The molecule has 5 atom stereocenters. The van der Waals surface area contributed by atoms with Gasteiger partial charge in [0.1, 0.15) is 12.1 Å². The van der Waals surface area contributed by atoms with Crippen LogP contribution in [0.4, 0.5) is 0 Å². The molecule has 0 aromatic carbocycles. The fraction of sp³-hybridized carbons (Fsp3) is 0.556. The highest BCUT2D eigenvalue weighted by molar-refractivity contribution is 5.94. The van der Waals surface area contributed by atoms with E-state index in [4.69, 9.17) is 16.6 Å². The minimum absolute atomic E-state index is 0.0140. The van der Waals surface area contributed by atoms with E-state index in [0.29, 0.717) is 5.69 Å². The summed E-state index contributed by atoms with van der Waals surface area (Å²) in [7, 11) is 0. The molecule has 178 valence electrons. The van der Waals surface area contributed by atoms with Crippen molar-refractivity contribution in [1.29, 1.82) is 0 Å². The SMILES string of the molecule is CC(N)C(=O)NC(Cc1cnc[nH]1)C(=O)NC(CCC(N)=O)C(=O)NC(C(=O)O)C(C)O. The van der Waals surface area contributed by atoms with Gasteiger partial charge in [-0.3, -0.25) is 19.2 Å². The van der Waals surface area contributed by atoms with Gasteiger partial charge in [-0.15, -0.1) is 0 Å². The van der Waals surface area contributed by atoms with Crippen LogP contribution in [0.25, 0.3) is 0 Å². The number of aromatic nitrogens is 2. The molecule has 1 aromatic rings. The summed E-state index contributed by atoms with van der Waals surface area (Å²) in [5.74, 6) is -4.60. The van der Waals surface area contributed by atoms with Crippen LogP contribution in [0.3, 0.4) is 0 Å². The summed E-state index contributed by atoms with van der Waals surface area (Å²) in [5.41, 5.74) is 11.2.